The van der Waals surface area contributed by atoms with E-state index in [2.05, 4.69) is 4.98 Å². The Labute approximate surface area is 87.4 Å². The van der Waals surface area contributed by atoms with Gasteiger partial charge < -0.3 is 4.42 Å². The first-order valence-electron chi connectivity index (χ1n) is 4.75. The van der Waals surface area contributed by atoms with Crippen molar-refractivity contribution < 1.29 is 4.42 Å². The molecule has 2 rings (SSSR count). The van der Waals surface area contributed by atoms with E-state index in [1.165, 1.54) is 6.07 Å². The van der Waals surface area contributed by atoms with Gasteiger partial charge in [-0.1, -0.05) is 30.3 Å². The van der Waals surface area contributed by atoms with E-state index < -0.39 is 0 Å². The summed E-state index contributed by atoms with van der Waals surface area (Å²) < 4.78 is 5.35. The molecule has 3 nitrogen and oxygen atoms in total. The van der Waals surface area contributed by atoms with Crippen LogP contribution in [-0.2, 0) is 6.42 Å². The first-order chi connectivity index (χ1) is 7.24. The van der Waals surface area contributed by atoms with Crippen molar-refractivity contribution in [3.8, 4) is 0 Å². The molecule has 0 amide bonds. The zero-order valence-electron chi connectivity index (χ0n) is 8.43. The van der Waals surface area contributed by atoms with Crippen LogP contribution in [0.1, 0.15) is 17.2 Å². The molecule has 76 valence electrons. The van der Waals surface area contributed by atoms with Gasteiger partial charge in [0.25, 0.3) is 5.56 Å². The van der Waals surface area contributed by atoms with Crippen molar-refractivity contribution >= 4 is 0 Å². The molecule has 3 heteroatoms. The van der Waals surface area contributed by atoms with Crippen molar-refractivity contribution in [1.29, 1.82) is 0 Å². The van der Waals surface area contributed by atoms with E-state index in [-0.39, 0.29) is 5.56 Å². The quantitative estimate of drug-likeness (QED) is 0.745. The third-order valence-corrected chi connectivity index (χ3v) is 2.04. The monoisotopic (exact) mass is 201 g/mol. The summed E-state index contributed by atoms with van der Waals surface area (Å²) in [5.74, 6) is 1.06. The number of hydrogen-bond acceptors (Lipinski definition) is 3. The summed E-state index contributed by atoms with van der Waals surface area (Å²) in [6, 6.07) is 11.2. The third-order valence-electron chi connectivity index (χ3n) is 2.04. The fourth-order valence-electron chi connectivity index (χ4n) is 1.41. The van der Waals surface area contributed by atoms with Crippen LogP contribution in [0.3, 0.4) is 0 Å². The lowest BCUT2D eigenvalue weighted by Crippen LogP contribution is -2.08. The Bertz CT molecular complexity index is 503. The van der Waals surface area contributed by atoms with Crippen LogP contribution in [0.25, 0.3) is 0 Å². The van der Waals surface area contributed by atoms with Crippen LogP contribution in [0.4, 0.5) is 0 Å². The lowest BCUT2D eigenvalue weighted by atomic mass is 10.1. The van der Waals surface area contributed by atoms with Crippen LogP contribution in [0, 0.1) is 6.92 Å². The molecule has 0 bridgehead atoms. The highest BCUT2D eigenvalue weighted by molar-refractivity contribution is 5.18. The largest absolute Gasteiger partial charge is 0.447 e. The fourth-order valence-corrected chi connectivity index (χ4v) is 1.41. The van der Waals surface area contributed by atoms with Crippen LogP contribution in [0.15, 0.2) is 45.6 Å². The molecule has 1 aromatic carbocycles. The van der Waals surface area contributed by atoms with Gasteiger partial charge >= 0.3 is 0 Å². The average Bonchev–Trinajstić information content (AvgIpc) is 2.17. The maximum absolute atomic E-state index is 11.1. The Kier molecular flexibility index (Phi) is 2.63. The van der Waals surface area contributed by atoms with Gasteiger partial charge in [-0.05, 0) is 12.5 Å². The van der Waals surface area contributed by atoms with Crippen molar-refractivity contribution in [3.63, 3.8) is 0 Å². The molecule has 15 heavy (non-hydrogen) atoms. The van der Waals surface area contributed by atoms with Gasteiger partial charge in [-0.3, -0.25) is 4.79 Å². The van der Waals surface area contributed by atoms with Gasteiger partial charge in [0, 0.05) is 12.5 Å². The topological polar surface area (TPSA) is 43.1 Å². The van der Waals surface area contributed by atoms with E-state index in [4.69, 9.17) is 4.42 Å². The zero-order valence-corrected chi connectivity index (χ0v) is 8.43. The van der Waals surface area contributed by atoms with Gasteiger partial charge in [0.05, 0.1) is 0 Å². The number of aryl methyl sites for hydroxylation is 1. The van der Waals surface area contributed by atoms with Crippen molar-refractivity contribution in [2.24, 2.45) is 0 Å². The molecule has 0 aliphatic rings. The van der Waals surface area contributed by atoms with Gasteiger partial charge in [0.2, 0.25) is 5.89 Å². The van der Waals surface area contributed by atoms with E-state index >= 15 is 0 Å². The van der Waals surface area contributed by atoms with Crippen LogP contribution < -0.4 is 5.56 Å². The minimum absolute atomic E-state index is 0.246. The summed E-state index contributed by atoms with van der Waals surface area (Å²) in [4.78, 5) is 14.9. The van der Waals surface area contributed by atoms with Crippen LogP contribution in [-0.4, -0.2) is 4.98 Å². The van der Waals surface area contributed by atoms with Crippen molar-refractivity contribution in [2.45, 2.75) is 13.3 Å². The zero-order chi connectivity index (χ0) is 10.7. The minimum Gasteiger partial charge on any atom is -0.447 e. The molecule has 1 aromatic heterocycles. The van der Waals surface area contributed by atoms with E-state index in [1.807, 2.05) is 30.3 Å². The Morgan fingerprint density at radius 1 is 1.27 bits per heavy atom. The molecule has 0 saturated carbocycles. The molecule has 0 fully saturated rings. The molecule has 0 unspecified atom stereocenters. The normalized spacial score (nSPS) is 10.2. The SMILES string of the molecule is Cc1cc(=O)nc(Cc2ccccc2)o1. The second-order valence-electron chi connectivity index (χ2n) is 3.36. The molecule has 0 radical (unpaired) electrons. The van der Waals surface area contributed by atoms with E-state index in [0.29, 0.717) is 18.1 Å². The van der Waals surface area contributed by atoms with Crippen molar-refractivity contribution in [2.75, 3.05) is 0 Å². The summed E-state index contributed by atoms with van der Waals surface area (Å²) in [6.07, 6.45) is 0.553. The van der Waals surface area contributed by atoms with Gasteiger partial charge in [0.15, 0.2) is 0 Å². The number of benzene rings is 1. The molecule has 0 spiro atoms. The van der Waals surface area contributed by atoms with Crippen molar-refractivity contribution in [1.82, 2.24) is 4.98 Å². The third kappa shape index (κ3) is 2.53. The number of rotatable bonds is 2. The Morgan fingerprint density at radius 3 is 2.67 bits per heavy atom. The molecular weight excluding hydrogens is 190 g/mol. The summed E-state index contributed by atoms with van der Waals surface area (Å²) in [5.41, 5.74) is 0.837. The average molecular weight is 201 g/mol. The molecule has 1 heterocycles. The molecular formula is C12H11NO2. The first kappa shape index (κ1) is 9.65. The lowest BCUT2D eigenvalue weighted by molar-refractivity contribution is 0.446. The summed E-state index contributed by atoms with van der Waals surface area (Å²) in [7, 11) is 0. The summed E-state index contributed by atoms with van der Waals surface area (Å²) in [6.45, 7) is 1.75. The Balaban J connectivity index is 2.29. The van der Waals surface area contributed by atoms with Gasteiger partial charge in [-0.15, -0.1) is 0 Å². The van der Waals surface area contributed by atoms with E-state index in [1.54, 1.807) is 6.92 Å². The molecule has 2 aromatic rings. The summed E-state index contributed by atoms with van der Waals surface area (Å²) >= 11 is 0. The fraction of sp³-hybridized carbons (Fsp3) is 0.167. The minimum atomic E-state index is -0.246. The second kappa shape index (κ2) is 4.09. The molecule has 0 aliphatic heterocycles. The second-order valence-corrected chi connectivity index (χ2v) is 3.36. The highest BCUT2D eigenvalue weighted by Gasteiger charge is 2.01. The Morgan fingerprint density at radius 2 is 2.00 bits per heavy atom. The molecule has 0 saturated heterocycles. The summed E-state index contributed by atoms with van der Waals surface area (Å²) in [5, 5.41) is 0. The number of aromatic nitrogens is 1. The highest BCUT2D eigenvalue weighted by atomic mass is 16.3. The van der Waals surface area contributed by atoms with Crippen LogP contribution in [0.2, 0.25) is 0 Å². The highest BCUT2D eigenvalue weighted by Crippen LogP contribution is 2.06. The van der Waals surface area contributed by atoms with Gasteiger partial charge in [0.1, 0.15) is 5.76 Å². The van der Waals surface area contributed by atoms with Crippen LogP contribution >= 0.6 is 0 Å². The predicted molar refractivity (Wildman–Crippen MR) is 56.8 cm³/mol. The number of hydrogen-bond donors (Lipinski definition) is 0. The molecule has 0 N–H and O–H groups in total. The standard InChI is InChI=1S/C12H11NO2/c1-9-7-11(14)13-12(15-9)8-10-5-3-2-4-6-10/h2-7H,8H2,1H3. The predicted octanol–water partition coefficient (Wildman–Crippen LogP) is 1.93. The van der Waals surface area contributed by atoms with E-state index in [0.717, 1.165) is 5.56 Å². The number of nitrogens with zero attached hydrogens (tertiary/aromatic N) is 1. The van der Waals surface area contributed by atoms with E-state index in [9.17, 15) is 4.79 Å². The van der Waals surface area contributed by atoms with Crippen LogP contribution in [0.5, 0.6) is 0 Å². The molecule has 0 atom stereocenters. The maximum atomic E-state index is 11.1. The van der Waals surface area contributed by atoms with Gasteiger partial charge in [-0.2, -0.15) is 4.98 Å². The Hall–Kier alpha value is -1.90. The lowest BCUT2D eigenvalue weighted by Gasteiger charge is -2.00. The van der Waals surface area contributed by atoms with Gasteiger partial charge in [-0.25, -0.2) is 0 Å². The first-order valence-corrected chi connectivity index (χ1v) is 4.75. The molecule has 0 aliphatic carbocycles. The smallest absolute Gasteiger partial charge is 0.276 e. The van der Waals surface area contributed by atoms with Crippen molar-refractivity contribution in [3.05, 3.63) is 64.0 Å². The maximum Gasteiger partial charge on any atom is 0.276 e.